The first kappa shape index (κ1) is 18.0. The summed E-state index contributed by atoms with van der Waals surface area (Å²) in [4.78, 5) is 33.5. The van der Waals surface area contributed by atoms with Crippen LogP contribution < -0.4 is 11.1 Å². The lowest BCUT2D eigenvalue weighted by Gasteiger charge is -2.12. The van der Waals surface area contributed by atoms with E-state index in [4.69, 9.17) is 5.73 Å². The van der Waals surface area contributed by atoms with Crippen molar-refractivity contribution < 1.29 is 4.79 Å². The van der Waals surface area contributed by atoms with Gasteiger partial charge < -0.3 is 20.4 Å². The van der Waals surface area contributed by atoms with Crippen LogP contribution in [0.25, 0.3) is 28.3 Å². The molecule has 0 aromatic carbocycles. The van der Waals surface area contributed by atoms with Gasteiger partial charge in [-0.25, -0.2) is 19.9 Å². The molecule has 5 aromatic heterocycles. The molecule has 0 aliphatic carbocycles. The number of H-pyrrole nitrogens is 1. The SMILES string of the molecule is Nc1nc(-c2ccc[nH]2)c(-c2ccc3nccn3c2)nc1C(=O)NCc1cscn1. The smallest absolute Gasteiger partial charge is 0.274 e. The zero-order chi connectivity index (χ0) is 20.5. The molecule has 4 N–H and O–H groups in total. The van der Waals surface area contributed by atoms with Crippen molar-refractivity contribution in [1.29, 1.82) is 0 Å². The minimum atomic E-state index is -0.406. The number of aromatic amines is 1. The molecule has 0 aliphatic heterocycles. The fraction of sp³-hybridized carbons (Fsp3) is 0.0500. The molecule has 30 heavy (non-hydrogen) atoms. The van der Waals surface area contributed by atoms with Gasteiger partial charge in [0.15, 0.2) is 11.5 Å². The lowest BCUT2D eigenvalue weighted by atomic mass is 10.1. The summed E-state index contributed by atoms with van der Waals surface area (Å²) in [7, 11) is 0. The fourth-order valence-corrected chi connectivity index (χ4v) is 3.68. The highest BCUT2D eigenvalue weighted by Gasteiger charge is 2.20. The van der Waals surface area contributed by atoms with Gasteiger partial charge in [-0.1, -0.05) is 0 Å². The topological polar surface area (TPSA) is 127 Å². The van der Waals surface area contributed by atoms with Gasteiger partial charge in [-0.2, -0.15) is 0 Å². The molecular weight excluding hydrogens is 400 g/mol. The van der Waals surface area contributed by atoms with Crippen molar-refractivity contribution in [3.05, 3.63) is 71.3 Å². The first-order valence-corrected chi connectivity index (χ1v) is 10.0. The Labute approximate surface area is 174 Å². The Kier molecular flexibility index (Phi) is 4.45. The van der Waals surface area contributed by atoms with Crippen LogP contribution in [0.2, 0.25) is 0 Å². The molecule has 148 valence electrons. The molecule has 0 spiro atoms. The third-order valence-corrected chi connectivity index (χ3v) is 5.20. The summed E-state index contributed by atoms with van der Waals surface area (Å²) < 4.78 is 1.88. The summed E-state index contributed by atoms with van der Waals surface area (Å²) >= 11 is 1.47. The molecule has 5 aromatic rings. The number of hydrogen-bond donors (Lipinski definition) is 3. The van der Waals surface area contributed by atoms with Crippen LogP contribution >= 0.6 is 11.3 Å². The molecule has 0 saturated carbocycles. The Morgan fingerprint density at radius 3 is 2.93 bits per heavy atom. The van der Waals surface area contributed by atoms with Gasteiger partial charge in [-0.05, 0) is 24.3 Å². The maximum absolute atomic E-state index is 12.8. The number of amides is 1. The van der Waals surface area contributed by atoms with Crippen LogP contribution in [0.15, 0.2) is 59.9 Å². The summed E-state index contributed by atoms with van der Waals surface area (Å²) in [6, 6.07) is 7.52. The van der Waals surface area contributed by atoms with Crippen LogP contribution in [0.5, 0.6) is 0 Å². The van der Waals surface area contributed by atoms with Crippen molar-refractivity contribution in [1.82, 2.24) is 34.6 Å². The first-order chi connectivity index (χ1) is 14.7. The van der Waals surface area contributed by atoms with Gasteiger partial charge in [0.25, 0.3) is 5.91 Å². The Bertz CT molecular complexity index is 1320. The van der Waals surface area contributed by atoms with Crippen molar-refractivity contribution in [2.75, 3.05) is 5.73 Å². The number of carbonyl (C=O) groups is 1. The van der Waals surface area contributed by atoms with Gasteiger partial charge in [0, 0.05) is 35.7 Å². The highest BCUT2D eigenvalue weighted by molar-refractivity contribution is 7.07. The van der Waals surface area contributed by atoms with Gasteiger partial charge in [-0.15, -0.1) is 11.3 Å². The van der Waals surface area contributed by atoms with Crippen LogP contribution in [0.3, 0.4) is 0 Å². The molecule has 0 unspecified atom stereocenters. The van der Waals surface area contributed by atoms with E-state index in [1.54, 1.807) is 17.9 Å². The second-order valence-electron chi connectivity index (χ2n) is 6.51. The molecule has 5 heterocycles. The predicted molar refractivity (Wildman–Crippen MR) is 114 cm³/mol. The number of fused-ring (bicyclic) bond motifs is 1. The van der Waals surface area contributed by atoms with Crippen molar-refractivity contribution in [2.45, 2.75) is 6.54 Å². The van der Waals surface area contributed by atoms with E-state index < -0.39 is 5.91 Å². The number of hydrogen-bond acceptors (Lipinski definition) is 7. The Hall–Kier alpha value is -4.05. The number of carbonyl (C=O) groups excluding carboxylic acids is 1. The lowest BCUT2D eigenvalue weighted by molar-refractivity contribution is 0.0946. The quantitative estimate of drug-likeness (QED) is 0.404. The summed E-state index contributed by atoms with van der Waals surface area (Å²) in [6.45, 7) is 0.290. The van der Waals surface area contributed by atoms with Gasteiger partial charge in [0.2, 0.25) is 0 Å². The largest absolute Gasteiger partial charge is 0.382 e. The molecule has 0 aliphatic rings. The maximum atomic E-state index is 12.8. The molecule has 0 atom stereocenters. The predicted octanol–water partition coefficient (Wildman–Crippen LogP) is 2.76. The van der Waals surface area contributed by atoms with Crippen molar-refractivity contribution in [3.8, 4) is 22.6 Å². The Morgan fingerprint density at radius 2 is 2.13 bits per heavy atom. The fourth-order valence-electron chi connectivity index (χ4n) is 3.12. The first-order valence-electron chi connectivity index (χ1n) is 9.08. The van der Waals surface area contributed by atoms with E-state index in [1.807, 2.05) is 46.4 Å². The summed E-state index contributed by atoms with van der Waals surface area (Å²) in [6.07, 6.45) is 7.26. The minimum Gasteiger partial charge on any atom is -0.382 e. The Balaban J connectivity index is 1.59. The monoisotopic (exact) mass is 416 g/mol. The third-order valence-electron chi connectivity index (χ3n) is 4.57. The second kappa shape index (κ2) is 7.41. The van der Waals surface area contributed by atoms with Crippen LogP contribution in [0.4, 0.5) is 5.82 Å². The molecule has 0 radical (unpaired) electrons. The van der Waals surface area contributed by atoms with E-state index in [-0.39, 0.29) is 18.1 Å². The second-order valence-corrected chi connectivity index (χ2v) is 7.23. The number of anilines is 1. The summed E-state index contributed by atoms with van der Waals surface area (Å²) in [5.41, 5.74) is 12.1. The van der Waals surface area contributed by atoms with E-state index in [0.717, 1.165) is 22.6 Å². The average Bonchev–Trinajstić information content (AvgIpc) is 3.54. The van der Waals surface area contributed by atoms with E-state index in [9.17, 15) is 4.79 Å². The van der Waals surface area contributed by atoms with Gasteiger partial charge in [0.1, 0.15) is 17.0 Å². The molecule has 0 saturated heterocycles. The van der Waals surface area contributed by atoms with E-state index in [0.29, 0.717) is 11.4 Å². The number of pyridine rings is 1. The van der Waals surface area contributed by atoms with Gasteiger partial charge in [-0.3, -0.25) is 4.79 Å². The standard InChI is InChI=1S/C20H16N8OS/c21-19-18(20(29)24-8-13-10-30-11-25-13)26-16(17(27-19)14-2-1-5-22-14)12-3-4-15-23-6-7-28(15)9-12/h1-7,9-11,22H,8H2,(H2,21,27)(H,24,29). The number of nitrogens with one attached hydrogen (secondary N) is 2. The number of rotatable bonds is 5. The number of imidazole rings is 1. The zero-order valence-electron chi connectivity index (χ0n) is 15.6. The van der Waals surface area contributed by atoms with Crippen LogP contribution in [0.1, 0.15) is 16.2 Å². The third kappa shape index (κ3) is 3.29. The number of nitrogens with zero attached hydrogens (tertiary/aromatic N) is 5. The molecule has 0 bridgehead atoms. The van der Waals surface area contributed by atoms with Crippen LogP contribution in [-0.4, -0.2) is 35.2 Å². The molecule has 0 fully saturated rings. The minimum absolute atomic E-state index is 0.0582. The number of thiazole rings is 1. The van der Waals surface area contributed by atoms with Crippen LogP contribution in [0, 0.1) is 0 Å². The highest BCUT2D eigenvalue weighted by atomic mass is 32.1. The molecule has 9 nitrogen and oxygen atoms in total. The average molecular weight is 416 g/mol. The molecule has 10 heteroatoms. The van der Waals surface area contributed by atoms with E-state index in [1.165, 1.54) is 11.3 Å². The lowest BCUT2D eigenvalue weighted by Crippen LogP contribution is -2.26. The number of aromatic nitrogens is 6. The number of nitrogen functional groups attached to an aromatic ring is 1. The maximum Gasteiger partial charge on any atom is 0.274 e. The van der Waals surface area contributed by atoms with Crippen molar-refractivity contribution in [3.63, 3.8) is 0 Å². The van der Waals surface area contributed by atoms with Crippen LogP contribution in [-0.2, 0) is 6.54 Å². The summed E-state index contributed by atoms with van der Waals surface area (Å²) in [5, 5.41) is 4.67. The van der Waals surface area contributed by atoms with Crippen molar-refractivity contribution in [2.24, 2.45) is 0 Å². The molecule has 1 amide bonds. The highest BCUT2D eigenvalue weighted by Crippen LogP contribution is 2.30. The van der Waals surface area contributed by atoms with Gasteiger partial charge in [0.05, 0.1) is 23.4 Å². The van der Waals surface area contributed by atoms with Gasteiger partial charge >= 0.3 is 0 Å². The molecular formula is C20H16N8OS. The summed E-state index contributed by atoms with van der Waals surface area (Å²) in [5.74, 6) is -0.348. The van der Waals surface area contributed by atoms with Crippen molar-refractivity contribution >= 4 is 28.7 Å². The van der Waals surface area contributed by atoms with E-state index in [2.05, 4.69) is 30.2 Å². The number of nitrogens with two attached hydrogens (primary N) is 1. The molecule has 5 rings (SSSR count). The Morgan fingerprint density at radius 1 is 1.20 bits per heavy atom. The zero-order valence-corrected chi connectivity index (χ0v) is 16.4. The normalized spacial score (nSPS) is 11.1. The van der Waals surface area contributed by atoms with E-state index >= 15 is 0 Å².